The van der Waals surface area contributed by atoms with Crippen LogP contribution in [-0.4, -0.2) is 47.9 Å². The van der Waals surface area contributed by atoms with Crippen molar-refractivity contribution in [3.8, 4) is 0 Å². The lowest BCUT2D eigenvalue weighted by Crippen LogP contribution is -2.76. The molecule has 7 heteroatoms. The van der Waals surface area contributed by atoms with Crippen molar-refractivity contribution in [1.82, 2.24) is 0 Å². The quantitative estimate of drug-likeness (QED) is 0.425. The molecule has 158 valence electrons. The molecule has 5 rings (SSSR count). The van der Waals surface area contributed by atoms with E-state index in [-0.39, 0.29) is 11.3 Å². The van der Waals surface area contributed by atoms with E-state index in [1.165, 1.54) is 6.92 Å². The number of hydrogen-bond donors (Lipinski definition) is 1. The summed E-state index contributed by atoms with van der Waals surface area (Å²) in [5.74, 6) is -2.05. The lowest BCUT2D eigenvalue weighted by molar-refractivity contribution is -0.346. The molecule has 0 radical (unpaired) electrons. The highest BCUT2D eigenvalue weighted by atomic mass is 16.6. The maximum absolute atomic E-state index is 13.5. The Morgan fingerprint density at radius 2 is 2.07 bits per heavy atom. The molecule has 7 nitrogen and oxygen atoms in total. The number of aliphatic hydroxyl groups excluding tert-OH is 1. The summed E-state index contributed by atoms with van der Waals surface area (Å²) < 4.78 is 17.7. The van der Waals surface area contributed by atoms with Gasteiger partial charge in [-0.2, -0.15) is 0 Å². The molecule has 0 aromatic heterocycles. The summed E-state index contributed by atoms with van der Waals surface area (Å²) >= 11 is 0. The number of carbonyl (C=O) groups excluding carboxylic acids is 3. The predicted octanol–water partition coefficient (Wildman–Crippen LogP) is 1.76. The normalized spacial score (nSPS) is 51.7. The largest absolute Gasteiger partial charge is 0.461 e. The fourth-order valence-electron chi connectivity index (χ4n) is 7.72. The van der Waals surface area contributed by atoms with E-state index in [4.69, 9.17) is 14.2 Å². The fourth-order valence-corrected chi connectivity index (χ4v) is 7.72. The van der Waals surface area contributed by atoms with Crippen LogP contribution >= 0.6 is 0 Å². The van der Waals surface area contributed by atoms with Crippen LogP contribution in [0, 0.1) is 34.0 Å². The van der Waals surface area contributed by atoms with Crippen molar-refractivity contribution in [2.75, 3.05) is 0 Å². The van der Waals surface area contributed by atoms with Crippen LogP contribution in [0.3, 0.4) is 0 Å². The van der Waals surface area contributed by atoms with Crippen LogP contribution < -0.4 is 0 Å². The van der Waals surface area contributed by atoms with Gasteiger partial charge in [0.05, 0.1) is 11.5 Å². The van der Waals surface area contributed by atoms with E-state index < -0.39 is 59.2 Å². The molecule has 3 aliphatic carbocycles. The van der Waals surface area contributed by atoms with Crippen molar-refractivity contribution in [2.45, 2.75) is 71.1 Å². The molecule has 0 aromatic carbocycles. The number of rotatable bonds is 2. The lowest BCUT2D eigenvalue weighted by Gasteiger charge is -2.67. The van der Waals surface area contributed by atoms with Gasteiger partial charge in [0.25, 0.3) is 0 Å². The molecule has 9 unspecified atom stereocenters. The van der Waals surface area contributed by atoms with Gasteiger partial charge in [0.1, 0.15) is 23.9 Å². The molecular weight excluding hydrogens is 376 g/mol. The molecule has 2 saturated heterocycles. The third kappa shape index (κ3) is 2.08. The smallest absolute Gasteiger partial charge is 0.316 e. The Bertz CT molecular complexity index is 818. The van der Waals surface area contributed by atoms with Crippen LogP contribution in [-0.2, 0) is 28.6 Å². The number of ether oxygens (including phenoxy) is 3. The topological polar surface area (TPSA) is 99.1 Å². The van der Waals surface area contributed by atoms with Gasteiger partial charge in [-0.1, -0.05) is 20.4 Å². The first-order valence-corrected chi connectivity index (χ1v) is 10.5. The van der Waals surface area contributed by atoms with Gasteiger partial charge >= 0.3 is 11.9 Å². The molecule has 1 N–H and O–H groups in total. The zero-order chi connectivity index (χ0) is 20.9. The molecule has 9 atom stereocenters. The maximum atomic E-state index is 13.5. The van der Waals surface area contributed by atoms with Crippen LogP contribution in [0.2, 0.25) is 0 Å². The molecule has 5 fully saturated rings. The second-order valence-electron chi connectivity index (χ2n) is 10.3. The first kappa shape index (κ1) is 19.2. The van der Waals surface area contributed by atoms with Gasteiger partial charge in [0.15, 0.2) is 6.29 Å². The second-order valence-corrected chi connectivity index (χ2v) is 10.3. The molecule has 2 aliphatic heterocycles. The molecule has 5 aliphatic rings. The number of aldehydes is 1. The van der Waals surface area contributed by atoms with Crippen LogP contribution in [0.15, 0.2) is 12.2 Å². The van der Waals surface area contributed by atoms with Crippen molar-refractivity contribution >= 4 is 18.2 Å². The first-order chi connectivity index (χ1) is 13.6. The molecule has 3 saturated carbocycles. The van der Waals surface area contributed by atoms with E-state index in [0.29, 0.717) is 31.3 Å². The Hall–Kier alpha value is -1.73. The minimum atomic E-state index is -1.19. The van der Waals surface area contributed by atoms with Crippen LogP contribution in [0.5, 0.6) is 0 Å². The number of hydrogen-bond acceptors (Lipinski definition) is 7. The predicted molar refractivity (Wildman–Crippen MR) is 99.1 cm³/mol. The SMILES string of the molecule is C=C1C2CC3OC(O)C4C(C)(C)CCC5OC(=O)C(C2)(C1OC(C)=O)C3C54C=O. The standard InChI is InChI=1S/C22H28O7/c1-10-12-7-13-15-21(8-12,17(10)27-11(2)24)19(26)29-14-5-6-20(3,4)16(18(25)28-13)22(14,15)9-23/h9,12-18,25H,1,5-8H2,2-4H3. The highest BCUT2D eigenvalue weighted by Crippen LogP contribution is 2.72. The summed E-state index contributed by atoms with van der Waals surface area (Å²) in [6.07, 6.45) is 0.0915. The molecule has 29 heavy (non-hydrogen) atoms. The minimum Gasteiger partial charge on any atom is -0.461 e. The van der Waals surface area contributed by atoms with Crippen molar-refractivity contribution in [2.24, 2.45) is 34.0 Å². The van der Waals surface area contributed by atoms with E-state index in [1.54, 1.807) is 0 Å². The average molecular weight is 404 g/mol. The molecule has 2 bridgehead atoms. The Labute approximate surface area is 169 Å². The van der Waals surface area contributed by atoms with Gasteiger partial charge in [-0.3, -0.25) is 9.59 Å². The third-order valence-corrected chi connectivity index (χ3v) is 8.60. The number of carbonyl (C=O) groups is 3. The van der Waals surface area contributed by atoms with Crippen molar-refractivity contribution < 1.29 is 33.7 Å². The highest BCUT2D eigenvalue weighted by molar-refractivity contribution is 5.85. The first-order valence-electron chi connectivity index (χ1n) is 10.5. The van der Waals surface area contributed by atoms with Gasteiger partial charge in [0.2, 0.25) is 0 Å². The van der Waals surface area contributed by atoms with Crippen LogP contribution in [0.1, 0.15) is 46.5 Å². The number of fused-ring (bicyclic) bond motifs is 1. The number of aliphatic hydroxyl groups is 1. The zero-order valence-corrected chi connectivity index (χ0v) is 17.1. The van der Waals surface area contributed by atoms with Crippen LogP contribution in [0.25, 0.3) is 0 Å². The van der Waals surface area contributed by atoms with E-state index in [1.807, 2.05) is 13.8 Å². The van der Waals surface area contributed by atoms with Gasteiger partial charge in [-0.25, -0.2) is 0 Å². The summed E-state index contributed by atoms with van der Waals surface area (Å²) in [6.45, 7) is 9.50. The van der Waals surface area contributed by atoms with Crippen molar-refractivity contribution in [3.63, 3.8) is 0 Å². The maximum Gasteiger partial charge on any atom is 0.316 e. The summed E-state index contributed by atoms with van der Waals surface area (Å²) in [5, 5.41) is 11.0. The highest BCUT2D eigenvalue weighted by Gasteiger charge is 2.80. The van der Waals surface area contributed by atoms with Gasteiger partial charge in [-0.05, 0) is 42.6 Å². The van der Waals surface area contributed by atoms with E-state index in [2.05, 4.69) is 6.58 Å². The van der Waals surface area contributed by atoms with Crippen molar-refractivity contribution in [1.29, 1.82) is 0 Å². The summed E-state index contributed by atoms with van der Waals surface area (Å²) in [7, 11) is 0. The summed E-state index contributed by atoms with van der Waals surface area (Å²) in [4.78, 5) is 38.3. The Morgan fingerprint density at radius 1 is 1.34 bits per heavy atom. The van der Waals surface area contributed by atoms with Gasteiger partial charge in [0, 0.05) is 18.8 Å². The van der Waals surface area contributed by atoms with Gasteiger partial charge in [-0.15, -0.1) is 0 Å². The second kappa shape index (κ2) is 5.70. The van der Waals surface area contributed by atoms with Crippen molar-refractivity contribution in [3.05, 3.63) is 12.2 Å². The van der Waals surface area contributed by atoms with E-state index in [9.17, 15) is 19.5 Å². The Balaban J connectivity index is 1.75. The molecule has 1 spiro atoms. The Morgan fingerprint density at radius 3 is 2.72 bits per heavy atom. The third-order valence-electron chi connectivity index (χ3n) is 8.60. The zero-order valence-electron chi connectivity index (χ0n) is 17.1. The molecule has 0 aromatic rings. The van der Waals surface area contributed by atoms with Crippen LogP contribution in [0.4, 0.5) is 0 Å². The monoisotopic (exact) mass is 404 g/mol. The fraction of sp³-hybridized carbons (Fsp3) is 0.773. The minimum absolute atomic E-state index is 0.0891. The molecule has 2 heterocycles. The van der Waals surface area contributed by atoms with Gasteiger partial charge < -0.3 is 24.1 Å². The Kier molecular flexibility index (Phi) is 3.78. The van der Waals surface area contributed by atoms with E-state index in [0.717, 1.165) is 6.29 Å². The average Bonchev–Trinajstić information content (AvgIpc) is 2.84. The number of esters is 2. The molecular formula is C22H28O7. The summed E-state index contributed by atoms with van der Waals surface area (Å²) in [6, 6.07) is 0. The summed E-state index contributed by atoms with van der Waals surface area (Å²) in [5.41, 5.74) is -1.97. The van der Waals surface area contributed by atoms with E-state index >= 15 is 0 Å². The lowest BCUT2D eigenvalue weighted by atomic mass is 9.42. The molecule has 0 amide bonds.